The van der Waals surface area contributed by atoms with Crippen LogP contribution in [0.2, 0.25) is 10.0 Å². The summed E-state index contributed by atoms with van der Waals surface area (Å²) in [5, 5.41) is 6.22. The van der Waals surface area contributed by atoms with Crippen LogP contribution in [0.4, 0.5) is 0 Å². The van der Waals surface area contributed by atoms with Crippen molar-refractivity contribution < 1.29 is 9.59 Å². The number of halogens is 2. The van der Waals surface area contributed by atoms with Gasteiger partial charge in [0.15, 0.2) is 0 Å². The maximum atomic E-state index is 11.8. The van der Waals surface area contributed by atoms with Gasteiger partial charge in [0.05, 0.1) is 10.6 Å². The average molecular weight is 317 g/mol. The Morgan fingerprint density at radius 3 is 2.50 bits per heavy atom. The molecule has 0 aromatic heterocycles. The number of amides is 2. The molecule has 20 heavy (non-hydrogen) atoms. The van der Waals surface area contributed by atoms with Crippen LogP contribution in [0.15, 0.2) is 18.2 Å². The molecule has 0 atom stereocenters. The van der Waals surface area contributed by atoms with Gasteiger partial charge in [0.25, 0.3) is 5.91 Å². The van der Waals surface area contributed by atoms with E-state index in [0.717, 1.165) is 12.8 Å². The zero-order valence-corrected chi connectivity index (χ0v) is 12.9. The van der Waals surface area contributed by atoms with Gasteiger partial charge in [-0.25, -0.2) is 0 Å². The smallest absolute Gasteiger partial charge is 0.252 e. The third kappa shape index (κ3) is 5.80. The second-order valence-electron chi connectivity index (χ2n) is 4.33. The molecule has 0 saturated heterocycles. The molecule has 0 aliphatic rings. The molecular formula is C14H18Cl2N2O2. The van der Waals surface area contributed by atoms with Crippen molar-refractivity contribution in [3.63, 3.8) is 0 Å². The largest absolute Gasteiger partial charge is 0.354 e. The van der Waals surface area contributed by atoms with E-state index < -0.39 is 0 Å². The van der Waals surface area contributed by atoms with Crippen molar-refractivity contribution in [3.8, 4) is 0 Å². The van der Waals surface area contributed by atoms with Crippen LogP contribution in [0.25, 0.3) is 0 Å². The normalized spacial score (nSPS) is 10.2. The first kappa shape index (κ1) is 16.8. The van der Waals surface area contributed by atoms with Crippen molar-refractivity contribution in [1.82, 2.24) is 10.6 Å². The predicted octanol–water partition coefficient (Wildman–Crippen LogP) is 3.03. The minimum atomic E-state index is -0.283. The molecule has 6 heteroatoms. The number of nitrogens with one attached hydrogen (secondary N) is 2. The lowest BCUT2D eigenvalue weighted by molar-refractivity contribution is -0.121. The van der Waals surface area contributed by atoms with Crippen molar-refractivity contribution >= 4 is 35.0 Å². The predicted molar refractivity (Wildman–Crippen MR) is 81.3 cm³/mol. The van der Waals surface area contributed by atoms with Crippen molar-refractivity contribution in [3.05, 3.63) is 33.8 Å². The quantitative estimate of drug-likeness (QED) is 0.760. The molecule has 0 bridgehead atoms. The van der Waals surface area contributed by atoms with Gasteiger partial charge in [0.1, 0.15) is 0 Å². The zero-order valence-electron chi connectivity index (χ0n) is 11.3. The van der Waals surface area contributed by atoms with Crippen molar-refractivity contribution in [2.24, 2.45) is 0 Å². The van der Waals surface area contributed by atoms with Gasteiger partial charge in [-0.15, -0.1) is 0 Å². The Kier molecular flexibility index (Phi) is 7.41. The summed E-state index contributed by atoms with van der Waals surface area (Å²) in [6.07, 6.45) is 2.38. The van der Waals surface area contributed by atoms with E-state index in [-0.39, 0.29) is 11.8 Å². The topological polar surface area (TPSA) is 58.2 Å². The second-order valence-corrected chi connectivity index (χ2v) is 5.18. The molecule has 0 aliphatic heterocycles. The van der Waals surface area contributed by atoms with Gasteiger partial charge in [0, 0.05) is 24.5 Å². The summed E-state index contributed by atoms with van der Waals surface area (Å²) in [6.45, 7) is 2.79. The second kappa shape index (κ2) is 8.82. The molecule has 4 nitrogen and oxygen atoms in total. The van der Waals surface area contributed by atoms with Gasteiger partial charge < -0.3 is 10.6 Å². The van der Waals surface area contributed by atoms with Crippen molar-refractivity contribution in [2.45, 2.75) is 26.2 Å². The van der Waals surface area contributed by atoms with Crippen molar-refractivity contribution in [1.29, 1.82) is 0 Å². The maximum absolute atomic E-state index is 11.8. The highest BCUT2D eigenvalue weighted by Crippen LogP contribution is 2.20. The highest BCUT2D eigenvalue weighted by atomic mass is 35.5. The van der Waals surface area contributed by atoms with Gasteiger partial charge in [-0.1, -0.05) is 36.5 Å². The maximum Gasteiger partial charge on any atom is 0.252 e. The number of benzene rings is 1. The number of carbonyl (C=O) groups excluding carboxylic acids is 2. The Bertz CT molecular complexity index is 478. The van der Waals surface area contributed by atoms with E-state index in [1.54, 1.807) is 12.1 Å². The SMILES string of the molecule is CCCCC(=O)NCCNC(=O)c1ccc(Cl)cc1Cl. The lowest BCUT2D eigenvalue weighted by Crippen LogP contribution is -2.34. The van der Waals surface area contributed by atoms with Gasteiger partial charge in [0.2, 0.25) is 5.91 Å². The molecule has 0 spiro atoms. The number of hydrogen-bond acceptors (Lipinski definition) is 2. The fourth-order valence-corrected chi connectivity index (χ4v) is 2.07. The van der Waals surface area contributed by atoms with Crippen LogP contribution in [0, 0.1) is 0 Å². The Labute approximate surface area is 128 Å². The molecule has 1 aromatic carbocycles. The Morgan fingerprint density at radius 1 is 1.15 bits per heavy atom. The molecule has 2 amide bonds. The molecule has 1 rings (SSSR count). The third-order valence-electron chi connectivity index (χ3n) is 2.67. The summed E-state index contributed by atoms with van der Waals surface area (Å²) in [5.41, 5.74) is 0.369. The monoisotopic (exact) mass is 316 g/mol. The fraction of sp³-hybridized carbons (Fsp3) is 0.429. The van der Waals surface area contributed by atoms with E-state index in [1.807, 2.05) is 6.92 Å². The molecule has 0 radical (unpaired) electrons. The van der Waals surface area contributed by atoms with Crippen LogP contribution in [0.3, 0.4) is 0 Å². The molecule has 1 aromatic rings. The minimum Gasteiger partial charge on any atom is -0.354 e. The van der Waals surface area contributed by atoms with Crippen LogP contribution in [0.1, 0.15) is 36.5 Å². The first-order chi connectivity index (χ1) is 9.54. The van der Waals surface area contributed by atoms with E-state index in [1.165, 1.54) is 6.07 Å². The first-order valence-electron chi connectivity index (χ1n) is 6.54. The van der Waals surface area contributed by atoms with Crippen LogP contribution >= 0.6 is 23.2 Å². The summed E-state index contributed by atoms with van der Waals surface area (Å²) in [7, 11) is 0. The fourth-order valence-electron chi connectivity index (χ4n) is 1.57. The minimum absolute atomic E-state index is 0.00521. The molecule has 0 heterocycles. The molecule has 2 N–H and O–H groups in total. The van der Waals surface area contributed by atoms with Crippen LogP contribution < -0.4 is 10.6 Å². The number of unbranched alkanes of at least 4 members (excludes halogenated alkanes) is 1. The van der Waals surface area contributed by atoms with E-state index in [2.05, 4.69) is 10.6 Å². The summed E-state index contributed by atoms with van der Waals surface area (Å²) >= 11 is 11.7. The van der Waals surface area contributed by atoms with Crippen LogP contribution in [-0.2, 0) is 4.79 Å². The molecule has 0 fully saturated rings. The molecule has 0 unspecified atom stereocenters. The van der Waals surface area contributed by atoms with Gasteiger partial charge >= 0.3 is 0 Å². The van der Waals surface area contributed by atoms with Crippen molar-refractivity contribution in [2.75, 3.05) is 13.1 Å². The number of carbonyl (C=O) groups is 2. The van der Waals surface area contributed by atoms with Gasteiger partial charge in [-0.2, -0.15) is 0 Å². The first-order valence-corrected chi connectivity index (χ1v) is 7.30. The lowest BCUT2D eigenvalue weighted by Gasteiger charge is -2.08. The van der Waals surface area contributed by atoms with E-state index in [4.69, 9.17) is 23.2 Å². The molecular weight excluding hydrogens is 299 g/mol. The summed E-state index contributed by atoms with van der Waals surface area (Å²) in [4.78, 5) is 23.2. The van der Waals surface area contributed by atoms with Crippen LogP contribution in [0.5, 0.6) is 0 Å². The summed E-state index contributed by atoms with van der Waals surface area (Å²) in [5.74, 6) is -0.278. The molecule has 0 saturated carbocycles. The highest BCUT2D eigenvalue weighted by Gasteiger charge is 2.10. The zero-order chi connectivity index (χ0) is 15.0. The van der Waals surface area contributed by atoms with Crippen LogP contribution in [-0.4, -0.2) is 24.9 Å². The third-order valence-corrected chi connectivity index (χ3v) is 3.21. The number of rotatable bonds is 7. The Balaban J connectivity index is 2.31. The average Bonchev–Trinajstić information content (AvgIpc) is 2.41. The van der Waals surface area contributed by atoms with E-state index >= 15 is 0 Å². The van der Waals surface area contributed by atoms with E-state index in [9.17, 15) is 9.59 Å². The van der Waals surface area contributed by atoms with Gasteiger partial charge in [-0.05, 0) is 24.6 Å². The lowest BCUT2D eigenvalue weighted by atomic mass is 10.2. The van der Waals surface area contributed by atoms with Gasteiger partial charge in [-0.3, -0.25) is 9.59 Å². The van der Waals surface area contributed by atoms with E-state index in [0.29, 0.717) is 35.1 Å². The highest BCUT2D eigenvalue weighted by molar-refractivity contribution is 6.36. The molecule has 110 valence electrons. The summed E-state index contributed by atoms with van der Waals surface area (Å²) < 4.78 is 0. The number of hydrogen-bond donors (Lipinski definition) is 2. The standard InChI is InChI=1S/C14H18Cl2N2O2/c1-2-3-4-13(19)17-7-8-18-14(20)11-6-5-10(15)9-12(11)16/h5-6,9H,2-4,7-8H2,1H3,(H,17,19)(H,18,20). The molecule has 0 aliphatic carbocycles. The summed E-state index contributed by atoms with van der Waals surface area (Å²) in [6, 6.07) is 4.69. The Morgan fingerprint density at radius 2 is 1.85 bits per heavy atom. The Hall–Kier alpha value is -1.26.